The second-order valence-electron chi connectivity index (χ2n) is 4.86. The number of fused-ring (bicyclic) bond motifs is 3. The molecular formula is C16H16N2. The van der Waals surface area contributed by atoms with Gasteiger partial charge in [0.2, 0.25) is 0 Å². The summed E-state index contributed by atoms with van der Waals surface area (Å²) in [5.41, 5.74) is 2.22. The Labute approximate surface area is 107 Å². The van der Waals surface area contributed by atoms with Gasteiger partial charge in [-0.15, -0.1) is 0 Å². The number of benzene rings is 2. The summed E-state index contributed by atoms with van der Waals surface area (Å²) in [4.78, 5) is 6.96. The Morgan fingerprint density at radius 2 is 1.44 bits per heavy atom. The Morgan fingerprint density at radius 3 is 2.17 bits per heavy atom. The summed E-state index contributed by atoms with van der Waals surface area (Å²) in [7, 11) is 4.15. The molecule has 0 N–H and O–H groups in total. The van der Waals surface area contributed by atoms with Gasteiger partial charge in [-0.1, -0.05) is 42.5 Å². The van der Waals surface area contributed by atoms with Gasteiger partial charge in [-0.3, -0.25) is 4.98 Å². The highest BCUT2D eigenvalue weighted by Gasteiger charge is 2.07. The van der Waals surface area contributed by atoms with Gasteiger partial charge in [-0.05, 0) is 25.5 Å². The molecule has 0 unspecified atom stereocenters. The van der Waals surface area contributed by atoms with Crippen molar-refractivity contribution in [3.05, 3.63) is 54.2 Å². The normalized spacial score (nSPS) is 11.5. The number of para-hydroxylation sites is 1. The molecule has 0 aliphatic rings. The van der Waals surface area contributed by atoms with Crippen LogP contribution in [0.2, 0.25) is 0 Å². The van der Waals surface area contributed by atoms with Gasteiger partial charge < -0.3 is 4.90 Å². The molecule has 2 nitrogen and oxygen atoms in total. The van der Waals surface area contributed by atoms with Gasteiger partial charge in [-0.25, -0.2) is 0 Å². The van der Waals surface area contributed by atoms with E-state index in [4.69, 9.17) is 4.98 Å². The molecule has 0 amide bonds. The van der Waals surface area contributed by atoms with Gasteiger partial charge in [0.05, 0.1) is 11.2 Å². The maximum absolute atomic E-state index is 4.80. The molecular weight excluding hydrogens is 220 g/mol. The van der Waals surface area contributed by atoms with Crippen molar-refractivity contribution in [1.29, 1.82) is 0 Å². The van der Waals surface area contributed by atoms with Gasteiger partial charge in [0.1, 0.15) is 0 Å². The average molecular weight is 236 g/mol. The van der Waals surface area contributed by atoms with Crippen molar-refractivity contribution in [2.24, 2.45) is 0 Å². The van der Waals surface area contributed by atoms with E-state index < -0.39 is 0 Å². The van der Waals surface area contributed by atoms with E-state index in [0.717, 1.165) is 17.8 Å². The van der Waals surface area contributed by atoms with Crippen LogP contribution in [0.15, 0.2) is 48.5 Å². The van der Waals surface area contributed by atoms with Gasteiger partial charge in [-0.2, -0.15) is 0 Å². The van der Waals surface area contributed by atoms with E-state index in [0.29, 0.717) is 0 Å². The Kier molecular flexibility index (Phi) is 2.73. The summed E-state index contributed by atoms with van der Waals surface area (Å²) in [5, 5.41) is 3.78. The van der Waals surface area contributed by atoms with Crippen molar-refractivity contribution < 1.29 is 0 Å². The Morgan fingerprint density at radius 1 is 0.833 bits per heavy atom. The van der Waals surface area contributed by atoms with Crippen molar-refractivity contribution in [2.45, 2.75) is 6.54 Å². The Hall–Kier alpha value is -1.93. The molecule has 18 heavy (non-hydrogen) atoms. The van der Waals surface area contributed by atoms with Crippen LogP contribution < -0.4 is 0 Å². The molecule has 0 saturated heterocycles. The van der Waals surface area contributed by atoms with Crippen LogP contribution in [0.3, 0.4) is 0 Å². The number of aromatic nitrogens is 1. The first-order valence-electron chi connectivity index (χ1n) is 6.17. The van der Waals surface area contributed by atoms with Crippen LogP contribution in [-0.2, 0) is 6.54 Å². The zero-order chi connectivity index (χ0) is 12.5. The first kappa shape index (κ1) is 11.2. The summed E-state index contributed by atoms with van der Waals surface area (Å²) in [6.45, 7) is 0.866. The molecule has 1 aromatic heterocycles. The van der Waals surface area contributed by atoms with E-state index in [1.54, 1.807) is 0 Å². The molecule has 3 aromatic rings. The van der Waals surface area contributed by atoms with Crippen LogP contribution in [0, 0.1) is 0 Å². The second kappa shape index (κ2) is 4.39. The molecule has 3 rings (SSSR count). The highest BCUT2D eigenvalue weighted by Crippen LogP contribution is 2.26. The van der Waals surface area contributed by atoms with Crippen molar-refractivity contribution >= 4 is 21.7 Å². The number of nitrogens with zero attached hydrogens (tertiary/aromatic N) is 2. The highest BCUT2D eigenvalue weighted by atomic mass is 15.1. The van der Waals surface area contributed by atoms with E-state index in [9.17, 15) is 0 Å². The lowest BCUT2D eigenvalue weighted by atomic mass is 10.0. The summed E-state index contributed by atoms with van der Waals surface area (Å²) in [5.74, 6) is 0. The zero-order valence-electron chi connectivity index (χ0n) is 10.7. The van der Waals surface area contributed by atoms with Crippen LogP contribution in [0.25, 0.3) is 21.7 Å². The number of hydrogen-bond donors (Lipinski definition) is 0. The average Bonchev–Trinajstić information content (AvgIpc) is 2.38. The van der Waals surface area contributed by atoms with E-state index in [1.807, 2.05) is 6.07 Å². The summed E-state index contributed by atoms with van der Waals surface area (Å²) in [6, 6.07) is 16.9. The van der Waals surface area contributed by atoms with E-state index >= 15 is 0 Å². The van der Waals surface area contributed by atoms with Gasteiger partial charge >= 0.3 is 0 Å². The van der Waals surface area contributed by atoms with E-state index in [1.165, 1.54) is 16.2 Å². The predicted octanol–water partition coefficient (Wildman–Crippen LogP) is 3.45. The lowest BCUT2D eigenvalue weighted by Crippen LogP contribution is -2.12. The predicted molar refractivity (Wildman–Crippen MR) is 76.6 cm³/mol. The lowest BCUT2D eigenvalue weighted by molar-refractivity contribution is 0.399. The van der Waals surface area contributed by atoms with Crippen molar-refractivity contribution in [1.82, 2.24) is 9.88 Å². The molecule has 0 aliphatic heterocycles. The Balaban J connectivity index is 2.39. The lowest BCUT2D eigenvalue weighted by Gasteiger charge is -2.13. The standard InChI is InChI=1S/C16H16N2/c1-18(2)11-16-14-9-4-3-7-12(14)13-8-5-6-10-15(13)17-16/h3-10H,11H2,1-2H3. The minimum absolute atomic E-state index is 0.866. The number of hydrogen-bond acceptors (Lipinski definition) is 2. The molecule has 0 fully saturated rings. The van der Waals surface area contributed by atoms with Crippen molar-refractivity contribution in [3.63, 3.8) is 0 Å². The molecule has 0 atom stereocenters. The summed E-state index contributed by atoms with van der Waals surface area (Å²) >= 11 is 0. The maximum atomic E-state index is 4.80. The second-order valence-corrected chi connectivity index (χ2v) is 4.86. The molecule has 0 spiro atoms. The molecule has 1 heterocycles. The third kappa shape index (κ3) is 1.85. The summed E-state index contributed by atoms with van der Waals surface area (Å²) < 4.78 is 0. The Bertz CT molecular complexity index is 702. The smallest absolute Gasteiger partial charge is 0.0712 e. The molecule has 0 bridgehead atoms. The first-order valence-corrected chi connectivity index (χ1v) is 6.17. The van der Waals surface area contributed by atoms with Crippen LogP contribution in [0.4, 0.5) is 0 Å². The first-order chi connectivity index (χ1) is 8.75. The zero-order valence-corrected chi connectivity index (χ0v) is 10.7. The molecule has 90 valence electrons. The van der Waals surface area contributed by atoms with Gasteiger partial charge in [0, 0.05) is 17.3 Å². The minimum atomic E-state index is 0.866. The fourth-order valence-corrected chi connectivity index (χ4v) is 2.39. The fourth-order valence-electron chi connectivity index (χ4n) is 2.39. The van der Waals surface area contributed by atoms with E-state index in [2.05, 4.69) is 61.5 Å². The largest absolute Gasteiger partial charge is 0.304 e. The molecule has 0 saturated carbocycles. The topological polar surface area (TPSA) is 16.1 Å². The highest BCUT2D eigenvalue weighted by molar-refractivity contribution is 6.06. The van der Waals surface area contributed by atoms with Crippen LogP contribution >= 0.6 is 0 Å². The fraction of sp³-hybridized carbons (Fsp3) is 0.188. The number of pyridine rings is 1. The van der Waals surface area contributed by atoms with Crippen LogP contribution in [0.5, 0.6) is 0 Å². The molecule has 2 heteroatoms. The van der Waals surface area contributed by atoms with E-state index in [-0.39, 0.29) is 0 Å². The minimum Gasteiger partial charge on any atom is -0.304 e. The van der Waals surface area contributed by atoms with Crippen LogP contribution in [-0.4, -0.2) is 24.0 Å². The summed E-state index contributed by atoms with van der Waals surface area (Å²) in [6.07, 6.45) is 0. The van der Waals surface area contributed by atoms with Gasteiger partial charge in [0.15, 0.2) is 0 Å². The monoisotopic (exact) mass is 236 g/mol. The van der Waals surface area contributed by atoms with Crippen molar-refractivity contribution in [3.8, 4) is 0 Å². The number of rotatable bonds is 2. The van der Waals surface area contributed by atoms with Crippen LogP contribution in [0.1, 0.15) is 5.69 Å². The van der Waals surface area contributed by atoms with Crippen molar-refractivity contribution in [2.75, 3.05) is 14.1 Å². The third-order valence-corrected chi connectivity index (χ3v) is 3.15. The molecule has 0 radical (unpaired) electrons. The molecule has 0 aliphatic carbocycles. The third-order valence-electron chi connectivity index (χ3n) is 3.15. The maximum Gasteiger partial charge on any atom is 0.0712 e. The SMILES string of the molecule is CN(C)Cc1nc2ccccc2c2ccccc12. The quantitative estimate of drug-likeness (QED) is 0.633. The van der Waals surface area contributed by atoms with Gasteiger partial charge in [0.25, 0.3) is 0 Å². The molecule has 2 aromatic carbocycles.